The summed E-state index contributed by atoms with van der Waals surface area (Å²) in [5.74, 6) is 3.07. The molecule has 0 aliphatic rings. The van der Waals surface area contributed by atoms with E-state index in [9.17, 15) is 4.79 Å². The minimum atomic E-state index is -1.36. The monoisotopic (exact) mass is 260 g/mol. The fourth-order valence-electron chi connectivity index (χ4n) is 1.34. The van der Waals surface area contributed by atoms with Crippen molar-refractivity contribution >= 4 is 14.4 Å². The predicted molar refractivity (Wildman–Crippen MR) is 76.8 cm³/mol. The molecule has 0 bridgehead atoms. The van der Waals surface area contributed by atoms with Crippen molar-refractivity contribution < 1.29 is 9.53 Å². The molecule has 0 radical (unpaired) electrons. The molecule has 96 valence electrons. The molecular formula is C15H20O2Si. The van der Waals surface area contributed by atoms with Gasteiger partial charge in [-0.25, -0.2) is 0 Å². The molecule has 0 aliphatic carbocycles. The van der Waals surface area contributed by atoms with E-state index in [1.54, 1.807) is 0 Å². The zero-order valence-corrected chi connectivity index (χ0v) is 12.3. The first-order chi connectivity index (χ1) is 8.51. The maximum absolute atomic E-state index is 10.9. The van der Waals surface area contributed by atoms with Crippen molar-refractivity contribution in [2.75, 3.05) is 0 Å². The van der Waals surface area contributed by atoms with Crippen LogP contribution in [0.3, 0.4) is 0 Å². The van der Waals surface area contributed by atoms with Gasteiger partial charge in [-0.05, 0) is 5.56 Å². The highest BCUT2D eigenvalue weighted by Crippen LogP contribution is 2.05. The van der Waals surface area contributed by atoms with E-state index in [1.807, 2.05) is 30.3 Å². The van der Waals surface area contributed by atoms with Gasteiger partial charge < -0.3 is 9.53 Å². The van der Waals surface area contributed by atoms with E-state index < -0.39 is 14.2 Å². The first kappa shape index (κ1) is 14.7. The third-order valence-corrected chi connectivity index (χ3v) is 3.15. The van der Waals surface area contributed by atoms with E-state index in [1.165, 1.54) is 0 Å². The van der Waals surface area contributed by atoms with Crippen molar-refractivity contribution in [1.82, 2.24) is 0 Å². The van der Waals surface area contributed by atoms with E-state index >= 15 is 0 Å². The molecule has 0 aliphatic heterocycles. The van der Waals surface area contributed by atoms with Gasteiger partial charge in [0.2, 0.25) is 0 Å². The molecule has 1 atom stereocenters. The summed E-state index contributed by atoms with van der Waals surface area (Å²) in [4.78, 5) is 10.9. The first-order valence-electron chi connectivity index (χ1n) is 6.12. The van der Waals surface area contributed by atoms with E-state index in [2.05, 4.69) is 31.1 Å². The molecule has 0 fully saturated rings. The van der Waals surface area contributed by atoms with Crippen LogP contribution in [0.4, 0.5) is 0 Å². The molecule has 0 spiro atoms. The van der Waals surface area contributed by atoms with E-state index in [0.717, 1.165) is 11.8 Å². The first-order valence-corrected chi connectivity index (χ1v) is 9.62. The van der Waals surface area contributed by atoms with Gasteiger partial charge in [-0.2, -0.15) is 0 Å². The van der Waals surface area contributed by atoms with Crippen LogP contribution in [0.2, 0.25) is 19.6 Å². The van der Waals surface area contributed by atoms with Gasteiger partial charge in [0.25, 0.3) is 0 Å². The van der Waals surface area contributed by atoms with E-state index in [4.69, 9.17) is 4.74 Å². The van der Waals surface area contributed by atoms with E-state index in [-0.39, 0.29) is 0 Å². The second-order valence-corrected chi connectivity index (χ2v) is 9.98. The van der Waals surface area contributed by atoms with Crippen molar-refractivity contribution in [1.29, 1.82) is 0 Å². The molecule has 0 N–H and O–H groups in total. The second kappa shape index (κ2) is 7.15. The molecule has 1 aromatic rings. The summed E-state index contributed by atoms with van der Waals surface area (Å²) in [5, 5.41) is 0. The molecule has 3 heteroatoms. The Kier molecular flexibility index (Phi) is 5.83. The standard InChI is InChI=1S/C15H20O2Si/c1-18(2,3)11-7-10-15(12-16)17-13-14-8-5-4-6-9-14/h4-6,8-9,12,15H,10,13H2,1-3H3/t15-/m0/s1. The van der Waals surface area contributed by atoms with Crippen LogP contribution < -0.4 is 0 Å². The van der Waals surface area contributed by atoms with Gasteiger partial charge in [-0.1, -0.05) is 50.0 Å². The molecule has 0 saturated heterocycles. The van der Waals surface area contributed by atoms with Crippen LogP contribution in [-0.4, -0.2) is 20.5 Å². The molecular weight excluding hydrogens is 240 g/mol. The second-order valence-electron chi connectivity index (χ2n) is 5.23. The van der Waals surface area contributed by atoms with Crippen molar-refractivity contribution in [2.24, 2.45) is 0 Å². The smallest absolute Gasteiger partial charge is 0.149 e. The van der Waals surface area contributed by atoms with Gasteiger partial charge >= 0.3 is 0 Å². The highest BCUT2D eigenvalue weighted by atomic mass is 28.3. The Balaban J connectivity index is 2.43. The fourth-order valence-corrected chi connectivity index (χ4v) is 1.97. The lowest BCUT2D eigenvalue weighted by Crippen LogP contribution is -2.18. The Bertz CT molecular complexity index is 423. The number of hydrogen-bond acceptors (Lipinski definition) is 2. The molecule has 0 unspecified atom stereocenters. The number of carbonyl (C=O) groups is 1. The normalized spacial score (nSPS) is 12.4. The zero-order chi connectivity index (χ0) is 13.4. The summed E-state index contributed by atoms with van der Waals surface area (Å²) >= 11 is 0. The van der Waals surface area contributed by atoms with Crippen LogP contribution in [0.5, 0.6) is 0 Å². The minimum Gasteiger partial charge on any atom is -0.365 e. The van der Waals surface area contributed by atoms with Crippen LogP contribution in [0.1, 0.15) is 12.0 Å². The van der Waals surface area contributed by atoms with E-state index in [0.29, 0.717) is 13.0 Å². The fraction of sp³-hybridized carbons (Fsp3) is 0.400. The Morgan fingerprint density at radius 3 is 2.50 bits per heavy atom. The summed E-state index contributed by atoms with van der Waals surface area (Å²) in [7, 11) is -1.36. The highest BCUT2D eigenvalue weighted by Gasteiger charge is 2.09. The van der Waals surface area contributed by atoms with Crippen molar-refractivity contribution in [2.45, 2.75) is 38.8 Å². The molecule has 0 heterocycles. The Labute approximate surface area is 110 Å². The lowest BCUT2D eigenvalue weighted by atomic mass is 10.2. The van der Waals surface area contributed by atoms with Gasteiger partial charge in [0.15, 0.2) is 0 Å². The van der Waals surface area contributed by atoms with Gasteiger partial charge in [-0.3, -0.25) is 0 Å². The lowest BCUT2D eigenvalue weighted by molar-refractivity contribution is -0.118. The van der Waals surface area contributed by atoms with Crippen molar-refractivity contribution in [3.05, 3.63) is 35.9 Å². The average Bonchev–Trinajstić information content (AvgIpc) is 2.33. The summed E-state index contributed by atoms with van der Waals surface area (Å²) in [5.41, 5.74) is 4.31. The van der Waals surface area contributed by atoms with Crippen molar-refractivity contribution in [3.63, 3.8) is 0 Å². The summed E-state index contributed by atoms with van der Waals surface area (Å²) in [6.07, 6.45) is 0.900. The summed E-state index contributed by atoms with van der Waals surface area (Å²) in [6.45, 7) is 7.00. The van der Waals surface area contributed by atoms with Crippen LogP contribution >= 0.6 is 0 Å². The molecule has 0 aromatic heterocycles. The average molecular weight is 260 g/mol. The molecule has 18 heavy (non-hydrogen) atoms. The maximum atomic E-state index is 10.9. The van der Waals surface area contributed by atoms with Crippen LogP contribution in [-0.2, 0) is 16.1 Å². The largest absolute Gasteiger partial charge is 0.365 e. The van der Waals surface area contributed by atoms with Gasteiger partial charge in [0.1, 0.15) is 20.5 Å². The number of ether oxygens (including phenoxy) is 1. The molecule has 0 saturated carbocycles. The Hall–Kier alpha value is -1.37. The van der Waals surface area contributed by atoms with Gasteiger partial charge in [0.05, 0.1) is 6.61 Å². The summed E-state index contributed by atoms with van der Waals surface area (Å²) in [6, 6.07) is 9.84. The highest BCUT2D eigenvalue weighted by molar-refractivity contribution is 6.83. The topological polar surface area (TPSA) is 26.3 Å². The number of rotatable bonds is 5. The Morgan fingerprint density at radius 2 is 1.94 bits per heavy atom. The molecule has 2 nitrogen and oxygen atoms in total. The molecule has 1 rings (SSSR count). The SMILES string of the molecule is C[Si](C)(C)C#CC[C@@H](C=O)OCc1ccccc1. The van der Waals surface area contributed by atoms with Crippen molar-refractivity contribution in [3.8, 4) is 11.5 Å². The number of carbonyl (C=O) groups excluding carboxylic acids is 1. The maximum Gasteiger partial charge on any atom is 0.149 e. The third kappa shape index (κ3) is 6.38. The van der Waals surface area contributed by atoms with Crippen LogP contribution in [0.15, 0.2) is 30.3 Å². The zero-order valence-electron chi connectivity index (χ0n) is 11.3. The predicted octanol–water partition coefficient (Wildman–Crippen LogP) is 3.04. The number of aldehydes is 1. The quantitative estimate of drug-likeness (QED) is 0.462. The molecule has 1 aromatic carbocycles. The number of benzene rings is 1. The molecule has 0 amide bonds. The van der Waals surface area contributed by atoms with Gasteiger partial charge in [-0.15, -0.1) is 11.5 Å². The third-order valence-electron chi connectivity index (χ3n) is 2.23. The lowest BCUT2D eigenvalue weighted by Gasteiger charge is -2.09. The van der Waals surface area contributed by atoms with Crippen LogP contribution in [0, 0.1) is 11.5 Å². The Morgan fingerprint density at radius 1 is 1.28 bits per heavy atom. The number of hydrogen-bond donors (Lipinski definition) is 0. The summed E-state index contributed by atoms with van der Waals surface area (Å²) < 4.78 is 5.54. The van der Waals surface area contributed by atoms with Gasteiger partial charge in [0, 0.05) is 6.42 Å². The van der Waals surface area contributed by atoms with Crippen LogP contribution in [0.25, 0.3) is 0 Å². The minimum absolute atomic E-state index is 0.422.